The number of hydrogen-bond acceptors (Lipinski definition) is 2. The van der Waals surface area contributed by atoms with Gasteiger partial charge in [-0.15, -0.1) is 0 Å². The normalized spacial score (nSPS) is 12.6. The third-order valence-electron chi connectivity index (χ3n) is 1.52. The van der Waals surface area contributed by atoms with Crippen LogP contribution in [0.4, 0.5) is 8.78 Å². The van der Waals surface area contributed by atoms with Gasteiger partial charge in [0.1, 0.15) is 6.61 Å². The van der Waals surface area contributed by atoms with Gasteiger partial charge in [0.25, 0.3) is 0 Å². The molecule has 2 nitrogen and oxygen atoms in total. The highest BCUT2D eigenvalue weighted by atomic mass is 79.9. The van der Waals surface area contributed by atoms with Crippen molar-refractivity contribution in [3.63, 3.8) is 0 Å². The first-order chi connectivity index (χ1) is 6.65. The van der Waals surface area contributed by atoms with E-state index in [2.05, 4.69) is 15.9 Å². The number of ether oxygens (including phenoxy) is 1. The standard InChI is InChI=1S/C9H9BrF2O2/c10-4-6(13)5-14-9-7(11)2-1-3-8(9)12/h1-3,6,13H,4-5H2. The molecule has 0 aliphatic rings. The number of para-hydroxylation sites is 1. The van der Waals surface area contributed by atoms with Crippen LogP contribution in [-0.2, 0) is 0 Å². The van der Waals surface area contributed by atoms with Crippen LogP contribution in [0.15, 0.2) is 18.2 Å². The molecule has 1 rings (SSSR count). The van der Waals surface area contributed by atoms with Crippen molar-refractivity contribution in [2.75, 3.05) is 11.9 Å². The average Bonchev–Trinajstić information content (AvgIpc) is 2.16. The van der Waals surface area contributed by atoms with Gasteiger partial charge < -0.3 is 9.84 Å². The number of hydrogen-bond donors (Lipinski definition) is 1. The lowest BCUT2D eigenvalue weighted by Gasteiger charge is -2.10. The first kappa shape index (κ1) is 11.4. The van der Waals surface area contributed by atoms with E-state index in [1.165, 1.54) is 6.07 Å². The zero-order chi connectivity index (χ0) is 10.6. The number of aliphatic hydroxyl groups is 1. The van der Waals surface area contributed by atoms with Crippen LogP contribution in [0.1, 0.15) is 0 Å². The summed E-state index contributed by atoms with van der Waals surface area (Å²) in [6, 6.07) is 3.44. The van der Waals surface area contributed by atoms with Gasteiger partial charge in [0.05, 0.1) is 6.10 Å². The van der Waals surface area contributed by atoms with Crippen molar-refractivity contribution in [2.24, 2.45) is 0 Å². The van der Waals surface area contributed by atoms with Gasteiger partial charge in [-0.1, -0.05) is 22.0 Å². The molecule has 0 spiro atoms. The smallest absolute Gasteiger partial charge is 0.190 e. The second-order valence-corrected chi connectivity index (χ2v) is 3.32. The minimum Gasteiger partial charge on any atom is -0.485 e. The maximum atomic E-state index is 12.9. The molecule has 0 amide bonds. The maximum Gasteiger partial charge on any atom is 0.190 e. The van der Waals surface area contributed by atoms with E-state index < -0.39 is 23.5 Å². The fraction of sp³-hybridized carbons (Fsp3) is 0.333. The van der Waals surface area contributed by atoms with Crippen molar-refractivity contribution in [1.82, 2.24) is 0 Å². The van der Waals surface area contributed by atoms with Crippen molar-refractivity contribution < 1.29 is 18.6 Å². The predicted molar refractivity (Wildman–Crippen MR) is 51.7 cm³/mol. The van der Waals surface area contributed by atoms with Gasteiger partial charge in [-0.05, 0) is 12.1 Å². The van der Waals surface area contributed by atoms with Crippen LogP contribution in [0, 0.1) is 11.6 Å². The zero-order valence-electron chi connectivity index (χ0n) is 7.21. The zero-order valence-corrected chi connectivity index (χ0v) is 8.80. The van der Waals surface area contributed by atoms with Crippen LogP contribution < -0.4 is 4.74 Å². The molecule has 1 unspecified atom stereocenters. The molecule has 0 radical (unpaired) electrons. The third-order valence-corrected chi connectivity index (χ3v) is 2.26. The van der Waals surface area contributed by atoms with E-state index in [0.717, 1.165) is 12.1 Å². The number of halogens is 3. The number of benzene rings is 1. The van der Waals surface area contributed by atoms with E-state index in [4.69, 9.17) is 9.84 Å². The second kappa shape index (κ2) is 5.26. The average molecular weight is 267 g/mol. The van der Waals surface area contributed by atoms with E-state index in [1.807, 2.05) is 0 Å². The molecule has 0 fully saturated rings. The maximum absolute atomic E-state index is 12.9. The lowest BCUT2D eigenvalue weighted by atomic mass is 10.3. The SMILES string of the molecule is OC(CBr)COc1c(F)cccc1F. The Labute approximate surface area is 88.6 Å². The fourth-order valence-electron chi connectivity index (χ4n) is 0.844. The molecule has 0 heterocycles. The second-order valence-electron chi connectivity index (χ2n) is 2.67. The third kappa shape index (κ3) is 2.92. The van der Waals surface area contributed by atoms with E-state index in [1.54, 1.807) is 0 Å². The van der Waals surface area contributed by atoms with E-state index >= 15 is 0 Å². The highest BCUT2D eigenvalue weighted by molar-refractivity contribution is 9.09. The molecule has 1 atom stereocenters. The van der Waals surface area contributed by atoms with Crippen molar-refractivity contribution in [3.05, 3.63) is 29.8 Å². The fourth-order valence-corrected chi connectivity index (χ4v) is 1.03. The Morgan fingerprint density at radius 1 is 1.36 bits per heavy atom. The van der Waals surface area contributed by atoms with Crippen molar-refractivity contribution in [3.8, 4) is 5.75 Å². The molecule has 1 aromatic carbocycles. The van der Waals surface area contributed by atoms with Crippen LogP contribution >= 0.6 is 15.9 Å². The molecule has 0 saturated heterocycles. The summed E-state index contributed by atoms with van der Waals surface area (Å²) >= 11 is 3.01. The molecule has 1 aromatic rings. The number of alkyl halides is 1. The van der Waals surface area contributed by atoms with Crippen LogP contribution in [0.25, 0.3) is 0 Å². The van der Waals surface area contributed by atoms with Crippen molar-refractivity contribution in [2.45, 2.75) is 6.10 Å². The van der Waals surface area contributed by atoms with Crippen molar-refractivity contribution in [1.29, 1.82) is 0 Å². The molecule has 0 aromatic heterocycles. The van der Waals surface area contributed by atoms with Gasteiger partial charge in [-0.2, -0.15) is 0 Å². The topological polar surface area (TPSA) is 29.5 Å². The van der Waals surface area contributed by atoms with E-state index in [0.29, 0.717) is 5.33 Å². The van der Waals surface area contributed by atoms with Crippen molar-refractivity contribution >= 4 is 15.9 Å². The summed E-state index contributed by atoms with van der Waals surface area (Å²) in [7, 11) is 0. The Morgan fingerprint density at radius 2 is 1.93 bits per heavy atom. The highest BCUT2D eigenvalue weighted by Gasteiger charge is 2.11. The molecular formula is C9H9BrF2O2. The Kier molecular flexibility index (Phi) is 4.28. The molecule has 78 valence electrons. The molecule has 5 heteroatoms. The first-order valence-electron chi connectivity index (χ1n) is 3.96. The van der Waals surface area contributed by atoms with Gasteiger partial charge in [0.15, 0.2) is 17.4 Å². The Morgan fingerprint density at radius 3 is 2.43 bits per heavy atom. The Bertz CT molecular complexity index is 287. The molecule has 0 aliphatic heterocycles. The van der Waals surface area contributed by atoms with Gasteiger partial charge in [-0.25, -0.2) is 8.78 Å². The van der Waals surface area contributed by atoms with Crippen LogP contribution in [-0.4, -0.2) is 23.1 Å². The van der Waals surface area contributed by atoms with Crippen LogP contribution in [0.2, 0.25) is 0 Å². The molecular weight excluding hydrogens is 258 g/mol. The minimum atomic E-state index is -0.783. The molecule has 0 bridgehead atoms. The lowest BCUT2D eigenvalue weighted by Crippen LogP contribution is -2.19. The molecule has 0 saturated carbocycles. The highest BCUT2D eigenvalue weighted by Crippen LogP contribution is 2.20. The van der Waals surface area contributed by atoms with Gasteiger partial charge >= 0.3 is 0 Å². The summed E-state index contributed by atoms with van der Waals surface area (Å²) in [4.78, 5) is 0. The largest absolute Gasteiger partial charge is 0.485 e. The summed E-state index contributed by atoms with van der Waals surface area (Å²) in [5.41, 5.74) is 0. The molecule has 14 heavy (non-hydrogen) atoms. The van der Waals surface area contributed by atoms with Crippen LogP contribution in [0.3, 0.4) is 0 Å². The van der Waals surface area contributed by atoms with E-state index in [-0.39, 0.29) is 6.61 Å². The summed E-state index contributed by atoms with van der Waals surface area (Å²) in [5, 5.41) is 9.38. The monoisotopic (exact) mass is 266 g/mol. The number of aliphatic hydroxyl groups excluding tert-OH is 1. The Balaban J connectivity index is 2.66. The quantitative estimate of drug-likeness (QED) is 0.846. The van der Waals surface area contributed by atoms with Gasteiger partial charge in [-0.3, -0.25) is 0 Å². The summed E-state index contributed by atoms with van der Waals surface area (Å²) in [6.45, 7) is -0.150. The summed E-state index contributed by atoms with van der Waals surface area (Å²) in [5.74, 6) is -1.99. The van der Waals surface area contributed by atoms with E-state index in [9.17, 15) is 8.78 Å². The minimum absolute atomic E-state index is 0.150. The molecule has 1 N–H and O–H groups in total. The number of rotatable bonds is 4. The Hall–Kier alpha value is -0.680. The first-order valence-corrected chi connectivity index (χ1v) is 5.08. The lowest BCUT2D eigenvalue weighted by molar-refractivity contribution is 0.121. The van der Waals surface area contributed by atoms with Gasteiger partial charge in [0, 0.05) is 5.33 Å². The summed E-state index contributed by atoms with van der Waals surface area (Å²) in [6.07, 6.45) is -0.783. The summed E-state index contributed by atoms with van der Waals surface area (Å²) < 4.78 is 30.7. The molecule has 0 aliphatic carbocycles. The van der Waals surface area contributed by atoms with Crippen LogP contribution in [0.5, 0.6) is 5.75 Å². The van der Waals surface area contributed by atoms with Gasteiger partial charge in [0.2, 0.25) is 0 Å². The predicted octanol–water partition coefficient (Wildman–Crippen LogP) is 2.10.